The van der Waals surface area contributed by atoms with Crippen LogP contribution in [0.5, 0.6) is 5.75 Å². The van der Waals surface area contributed by atoms with Crippen molar-refractivity contribution in [3.8, 4) is 5.75 Å². The van der Waals surface area contributed by atoms with E-state index >= 15 is 0 Å². The molecule has 0 spiro atoms. The van der Waals surface area contributed by atoms with Gasteiger partial charge in [-0.3, -0.25) is 9.59 Å². The van der Waals surface area contributed by atoms with Gasteiger partial charge in [0.2, 0.25) is 5.91 Å². The molecule has 0 radical (unpaired) electrons. The van der Waals surface area contributed by atoms with Gasteiger partial charge in [0, 0.05) is 18.5 Å². The van der Waals surface area contributed by atoms with Crippen LogP contribution in [0.1, 0.15) is 37.8 Å². The van der Waals surface area contributed by atoms with Gasteiger partial charge in [-0.2, -0.15) is 0 Å². The van der Waals surface area contributed by atoms with Crippen molar-refractivity contribution in [2.75, 3.05) is 13.7 Å². The number of hydrogen-bond donors (Lipinski definition) is 1. The summed E-state index contributed by atoms with van der Waals surface area (Å²) in [7, 11) is 1.56. The molecule has 5 nitrogen and oxygen atoms in total. The molecule has 2 atom stereocenters. The van der Waals surface area contributed by atoms with Gasteiger partial charge >= 0.3 is 5.97 Å². The van der Waals surface area contributed by atoms with Crippen molar-refractivity contribution in [1.29, 1.82) is 0 Å². The number of para-hydroxylation sites is 1. The highest BCUT2D eigenvalue weighted by atomic mass is 16.5. The maximum Gasteiger partial charge on any atom is 0.308 e. The third-order valence-corrected chi connectivity index (χ3v) is 3.95. The predicted octanol–water partition coefficient (Wildman–Crippen LogP) is 2.47. The number of rotatable bonds is 5. The minimum absolute atomic E-state index is 0.0188. The first-order valence-electron chi connectivity index (χ1n) is 7.25. The topological polar surface area (TPSA) is 66.8 Å². The van der Waals surface area contributed by atoms with E-state index in [9.17, 15) is 14.7 Å². The Bertz CT molecular complexity index is 529. The van der Waals surface area contributed by atoms with E-state index < -0.39 is 17.9 Å². The maximum absolute atomic E-state index is 12.2. The number of piperidine rings is 1. The van der Waals surface area contributed by atoms with Crippen molar-refractivity contribution < 1.29 is 19.4 Å². The Morgan fingerprint density at radius 2 is 2.14 bits per heavy atom. The molecule has 0 bridgehead atoms. The number of carboxylic acids is 1. The Balaban J connectivity index is 2.48. The molecule has 0 saturated carbocycles. The van der Waals surface area contributed by atoms with E-state index in [2.05, 4.69) is 0 Å². The standard InChI is InChI=1S/C16H21NO4/c1-3-10-17-14(18)9-8-12(16(19)20)15(17)11-6-4-5-7-13(11)21-2/h4-7,12,15H,3,8-10H2,1-2H3,(H,19,20). The second-order valence-corrected chi connectivity index (χ2v) is 5.26. The first-order chi connectivity index (χ1) is 10.1. The average molecular weight is 291 g/mol. The summed E-state index contributed by atoms with van der Waals surface area (Å²) in [6.45, 7) is 2.54. The Morgan fingerprint density at radius 3 is 2.76 bits per heavy atom. The molecule has 1 heterocycles. The molecule has 0 aromatic heterocycles. The molecule has 1 aromatic rings. The van der Waals surface area contributed by atoms with Crippen LogP contribution in [0.15, 0.2) is 24.3 Å². The average Bonchev–Trinajstić information content (AvgIpc) is 2.49. The smallest absolute Gasteiger partial charge is 0.308 e. The van der Waals surface area contributed by atoms with Crippen LogP contribution in [0.25, 0.3) is 0 Å². The minimum atomic E-state index is -0.862. The summed E-state index contributed by atoms with van der Waals surface area (Å²) in [4.78, 5) is 25.5. The highest BCUT2D eigenvalue weighted by Gasteiger charge is 2.41. The minimum Gasteiger partial charge on any atom is -0.496 e. The van der Waals surface area contributed by atoms with E-state index in [0.717, 1.165) is 12.0 Å². The van der Waals surface area contributed by atoms with Gasteiger partial charge in [0.1, 0.15) is 5.75 Å². The molecule has 0 aliphatic carbocycles. The molecule has 1 N–H and O–H groups in total. The SMILES string of the molecule is CCCN1C(=O)CCC(C(=O)O)C1c1ccccc1OC. The van der Waals surface area contributed by atoms with E-state index in [1.54, 1.807) is 18.1 Å². The Hall–Kier alpha value is -2.04. The number of carbonyl (C=O) groups excluding carboxylic acids is 1. The van der Waals surface area contributed by atoms with Gasteiger partial charge < -0.3 is 14.7 Å². The number of hydrogen-bond acceptors (Lipinski definition) is 3. The molecule has 1 saturated heterocycles. The van der Waals surface area contributed by atoms with E-state index in [0.29, 0.717) is 25.1 Å². The molecule has 1 fully saturated rings. The van der Waals surface area contributed by atoms with Crippen molar-refractivity contribution >= 4 is 11.9 Å². The third-order valence-electron chi connectivity index (χ3n) is 3.95. The Kier molecular flexibility index (Phi) is 4.83. The van der Waals surface area contributed by atoms with Crippen LogP contribution in [0.2, 0.25) is 0 Å². The molecule has 2 unspecified atom stereocenters. The van der Waals surface area contributed by atoms with E-state index in [-0.39, 0.29) is 5.91 Å². The summed E-state index contributed by atoms with van der Waals surface area (Å²) >= 11 is 0. The van der Waals surface area contributed by atoms with E-state index in [1.165, 1.54) is 0 Å². The number of carbonyl (C=O) groups is 2. The van der Waals surface area contributed by atoms with Gasteiger partial charge in [-0.05, 0) is 18.9 Å². The summed E-state index contributed by atoms with van der Waals surface area (Å²) in [6.07, 6.45) is 1.46. The third kappa shape index (κ3) is 3.01. The van der Waals surface area contributed by atoms with Crippen LogP contribution in [0, 0.1) is 5.92 Å². The van der Waals surface area contributed by atoms with Crippen LogP contribution in [0.3, 0.4) is 0 Å². The number of methoxy groups -OCH3 is 1. The van der Waals surface area contributed by atoms with Gasteiger partial charge in [-0.15, -0.1) is 0 Å². The number of benzene rings is 1. The highest BCUT2D eigenvalue weighted by molar-refractivity contribution is 5.82. The van der Waals surface area contributed by atoms with Gasteiger partial charge in [-0.1, -0.05) is 25.1 Å². The first kappa shape index (κ1) is 15.4. The van der Waals surface area contributed by atoms with Crippen LogP contribution < -0.4 is 4.74 Å². The lowest BCUT2D eigenvalue weighted by molar-refractivity contribution is -0.152. The first-order valence-corrected chi connectivity index (χ1v) is 7.25. The summed E-state index contributed by atoms with van der Waals surface area (Å²) in [5.74, 6) is -0.806. The van der Waals surface area contributed by atoms with Gasteiger partial charge in [0.15, 0.2) is 0 Å². The van der Waals surface area contributed by atoms with Crippen molar-refractivity contribution in [3.05, 3.63) is 29.8 Å². The normalized spacial score (nSPS) is 22.2. The maximum atomic E-state index is 12.2. The molecule has 1 amide bonds. The quantitative estimate of drug-likeness (QED) is 0.905. The number of aliphatic carboxylic acids is 1. The largest absolute Gasteiger partial charge is 0.496 e. The molecule has 1 aliphatic rings. The van der Waals surface area contributed by atoms with Gasteiger partial charge in [-0.25, -0.2) is 0 Å². The molecular formula is C16H21NO4. The Labute approximate surface area is 124 Å². The molecule has 1 aromatic carbocycles. The van der Waals surface area contributed by atoms with Crippen molar-refractivity contribution in [2.24, 2.45) is 5.92 Å². The lowest BCUT2D eigenvalue weighted by atomic mass is 9.83. The van der Waals surface area contributed by atoms with E-state index in [1.807, 2.05) is 25.1 Å². The molecule has 5 heteroatoms. The summed E-state index contributed by atoms with van der Waals surface area (Å²) in [5, 5.41) is 9.53. The van der Waals surface area contributed by atoms with Gasteiger partial charge in [0.25, 0.3) is 0 Å². The van der Waals surface area contributed by atoms with Crippen molar-refractivity contribution in [2.45, 2.75) is 32.2 Å². The lowest BCUT2D eigenvalue weighted by Crippen LogP contribution is -2.45. The van der Waals surface area contributed by atoms with Crippen LogP contribution in [-0.4, -0.2) is 35.5 Å². The molecular weight excluding hydrogens is 270 g/mol. The molecule has 114 valence electrons. The zero-order valence-electron chi connectivity index (χ0n) is 12.4. The lowest BCUT2D eigenvalue weighted by Gasteiger charge is -2.40. The summed E-state index contributed by atoms with van der Waals surface area (Å²) in [6, 6.07) is 6.88. The number of carboxylic acid groups (broad SMARTS) is 1. The van der Waals surface area contributed by atoms with Gasteiger partial charge in [0.05, 0.1) is 19.1 Å². The zero-order chi connectivity index (χ0) is 15.4. The fourth-order valence-corrected chi connectivity index (χ4v) is 3.01. The monoisotopic (exact) mass is 291 g/mol. The fourth-order valence-electron chi connectivity index (χ4n) is 3.01. The van der Waals surface area contributed by atoms with Crippen molar-refractivity contribution in [3.63, 3.8) is 0 Å². The van der Waals surface area contributed by atoms with Crippen molar-refractivity contribution in [1.82, 2.24) is 4.90 Å². The van der Waals surface area contributed by atoms with Crippen LogP contribution in [-0.2, 0) is 9.59 Å². The van der Waals surface area contributed by atoms with E-state index in [4.69, 9.17) is 4.74 Å². The van der Waals surface area contributed by atoms with Crippen LogP contribution in [0.4, 0.5) is 0 Å². The second kappa shape index (κ2) is 6.61. The zero-order valence-corrected chi connectivity index (χ0v) is 12.4. The number of nitrogens with zero attached hydrogens (tertiary/aromatic N) is 1. The number of amides is 1. The number of likely N-dealkylation sites (tertiary alicyclic amines) is 1. The highest BCUT2D eigenvalue weighted by Crippen LogP contribution is 2.40. The number of ether oxygens (including phenoxy) is 1. The molecule has 21 heavy (non-hydrogen) atoms. The second-order valence-electron chi connectivity index (χ2n) is 5.26. The summed E-state index contributed by atoms with van der Waals surface area (Å²) < 4.78 is 5.36. The molecule has 1 aliphatic heterocycles. The fraction of sp³-hybridized carbons (Fsp3) is 0.500. The summed E-state index contributed by atoms with van der Waals surface area (Å²) in [5.41, 5.74) is 0.772. The molecule has 2 rings (SSSR count). The van der Waals surface area contributed by atoms with Crippen LogP contribution >= 0.6 is 0 Å². The Morgan fingerprint density at radius 1 is 1.43 bits per heavy atom. The predicted molar refractivity (Wildman–Crippen MR) is 78.1 cm³/mol.